The molecule has 0 aliphatic carbocycles. The molecule has 0 heterocycles. The average molecular weight is 364 g/mol. The molecule has 0 fully saturated rings. The lowest BCUT2D eigenvalue weighted by Crippen LogP contribution is -2.25. The Labute approximate surface area is 153 Å². The zero-order valence-corrected chi connectivity index (χ0v) is 15.4. The van der Waals surface area contributed by atoms with E-state index in [-0.39, 0.29) is 13.2 Å². The van der Waals surface area contributed by atoms with Crippen LogP contribution in [0.3, 0.4) is 0 Å². The summed E-state index contributed by atoms with van der Waals surface area (Å²) in [5.41, 5.74) is 0. The summed E-state index contributed by atoms with van der Waals surface area (Å²) >= 11 is 0. The molecule has 0 aliphatic heterocycles. The van der Waals surface area contributed by atoms with Gasteiger partial charge < -0.3 is 33.5 Å². The summed E-state index contributed by atoms with van der Waals surface area (Å²) in [7, 11) is 6.15. The van der Waals surface area contributed by atoms with Crippen molar-refractivity contribution >= 4 is 0 Å². The molecule has 0 atom stereocenters. The third kappa shape index (κ3) is 4.64. The number of hydrogen-bond donors (Lipinski definition) is 1. The van der Waals surface area contributed by atoms with E-state index in [4.69, 9.17) is 28.4 Å². The van der Waals surface area contributed by atoms with Gasteiger partial charge in [-0.2, -0.15) is 0 Å². The molecule has 0 amide bonds. The maximum Gasteiger partial charge on any atom is 0.203 e. The van der Waals surface area contributed by atoms with Crippen LogP contribution in [0.5, 0.6) is 34.5 Å². The fraction of sp³-hybridized carbons (Fsp3) is 0.368. The first kappa shape index (κ1) is 19.5. The molecule has 0 radical (unpaired) electrons. The van der Waals surface area contributed by atoms with Gasteiger partial charge in [-0.15, -0.1) is 0 Å². The highest BCUT2D eigenvalue weighted by atomic mass is 16.6. The number of aliphatic hydroxyl groups excluding tert-OH is 1. The lowest BCUT2D eigenvalue weighted by molar-refractivity contribution is 0.0587. The maximum atomic E-state index is 10.2. The predicted octanol–water partition coefficient (Wildman–Crippen LogP) is 2.54. The van der Waals surface area contributed by atoms with Gasteiger partial charge in [0, 0.05) is 0 Å². The van der Waals surface area contributed by atoms with Crippen LogP contribution in [0.4, 0.5) is 0 Å². The van der Waals surface area contributed by atoms with Crippen molar-refractivity contribution in [1.29, 1.82) is 0 Å². The molecule has 0 spiro atoms. The molecule has 7 heteroatoms. The number of ether oxygens (including phenoxy) is 6. The Morgan fingerprint density at radius 3 is 1.23 bits per heavy atom. The SMILES string of the molecule is COc1cccc(OC)c1OCC(O)COc1c(OC)cccc1OC. The zero-order valence-electron chi connectivity index (χ0n) is 15.4. The maximum absolute atomic E-state index is 10.2. The minimum atomic E-state index is -0.890. The predicted molar refractivity (Wildman–Crippen MR) is 96.1 cm³/mol. The van der Waals surface area contributed by atoms with Gasteiger partial charge >= 0.3 is 0 Å². The summed E-state index contributed by atoms with van der Waals surface area (Å²) in [6, 6.07) is 10.6. The summed E-state index contributed by atoms with van der Waals surface area (Å²) in [6.45, 7) is -0.0115. The van der Waals surface area contributed by atoms with Gasteiger partial charge in [0.25, 0.3) is 0 Å². The van der Waals surface area contributed by atoms with Crippen molar-refractivity contribution in [3.05, 3.63) is 36.4 Å². The molecular formula is C19H24O7. The number of benzene rings is 2. The van der Waals surface area contributed by atoms with E-state index in [1.54, 1.807) is 36.4 Å². The smallest absolute Gasteiger partial charge is 0.203 e. The van der Waals surface area contributed by atoms with Crippen LogP contribution >= 0.6 is 0 Å². The molecular weight excluding hydrogens is 340 g/mol. The minimum Gasteiger partial charge on any atom is -0.493 e. The molecule has 0 aliphatic rings. The lowest BCUT2D eigenvalue weighted by Gasteiger charge is -2.18. The fourth-order valence-electron chi connectivity index (χ4n) is 2.33. The highest BCUT2D eigenvalue weighted by Crippen LogP contribution is 2.38. The summed E-state index contributed by atoms with van der Waals surface area (Å²) in [4.78, 5) is 0. The van der Waals surface area contributed by atoms with Crippen molar-refractivity contribution < 1.29 is 33.5 Å². The second kappa shape index (κ2) is 9.62. The van der Waals surface area contributed by atoms with Crippen LogP contribution in [0, 0.1) is 0 Å². The fourth-order valence-corrected chi connectivity index (χ4v) is 2.33. The summed E-state index contributed by atoms with van der Waals surface area (Å²) in [5.74, 6) is 2.92. The van der Waals surface area contributed by atoms with E-state index in [0.717, 1.165) is 0 Å². The van der Waals surface area contributed by atoms with Gasteiger partial charge in [-0.25, -0.2) is 0 Å². The standard InChI is InChI=1S/C19H24O7/c1-21-14-7-5-8-15(22-2)18(14)25-11-13(20)12-26-19-16(23-3)9-6-10-17(19)24-4/h5-10,13,20H,11-12H2,1-4H3. The monoisotopic (exact) mass is 364 g/mol. The van der Waals surface area contributed by atoms with Crippen LogP contribution in [-0.4, -0.2) is 52.9 Å². The van der Waals surface area contributed by atoms with E-state index in [9.17, 15) is 5.11 Å². The third-order valence-corrected chi connectivity index (χ3v) is 3.61. The molecule has 0 unspecified atom stereocenters. The molecule has 26 heavy (non-hydrogen) atoms. The second-order valence-electron chi connectivity index (χ2n) is 5.26. The number of para-hydroxylation sites is 2. The number of aliphatic hydroxyl groups is 1. The molecule has 1 N–H and O–H groups in total. The molecule has 7 nitrogen and oxygen atoms in total. The Morgan fingerprint density at radius 2 is 0.962 bits per heavy atom. The molecule has 0 aromatic heterocycles. The van der Waals surface area contributed by atoms with Crippen molar-refractivity contribution in [2.24, 2.45) is 0 Å². The van der Waals surface area contributed by atoms with Gasteiger partial charge in [0.05, 0.1) is 28.4 Å². The van der Waals surface area contributed by atoms with Gasteiger partial charge in [-0.1, -0.05) is 12.1 Å². The first-order valence-corrected chi connectivity index (χ1v) is 8.00. The number of rotatable bonds is 10. The van der Waals surface area contributed by atoms with E-state index in [1.807, 2.05) is 0 Å². The number of hydrogen-bond acceptors (Lipinski definition) is 7. The average Bonchev–Trinajstić information content (AvgIpc) is 2.69. The third-order valence-electron chi connectivity index (χ3n) is 3.61. The molecule has 2 aromatic rings. The van der Waals surface area contributed by atoms with E-state index in [0.29, 0.717) is 34.5 Å². The molecule has 2 rings (SSSR count). The van der Waals surface area contributed by atoms with Crippen molar-refractivity contribution in [3.63, 3.8) is 0 Å². The van der Waals surface area contributed by atoms with Crippen LogP contribution in [0.2, 0.25) is 0 Å². The first-order valence-electron chi connectivity index (χ1n) is 8.00. The lowest BCUT2D eigenvalue weighted by atomic mass is 10.3. The van der Waals surface area contributed by atoms with Crippen molar-refractivity contribution in [1.82, 2.24) is 0 Å². The topological polar surface area (TPSA) is 75.6 Å². The van der Waals surface area contributed by atoms with Gasteiger partial charge in [-0.05, 0) is 24.3 Å². The first-order chi connectivity index (χ1) is 12.6. The Morgan fingerprint density at radius 1 is 0.654 bits per heavy atom. The molecule has 0 saturated heterocycles. The van der Waals surface area contributed by atoms with E-state index < -0.39 is 6.10 Å². The van der Waals surface area contributed by atoms with Crippen LogP contribution in [-0.2, 0) is 0 Å². The van der Waals surface area contributed by atoms with Crippen LogP contribution in [0.15, 0.2) is 36.4 Å². The second-order valence-corrected chi connectivity index (χ2v) is 5.26. The van der Waals surface area contributed by atoms with Gasteiger partial charge in [-0.3, -0.25) is 0 Å². The van der Waals surface area contributed by atoms with E-state index in [2.05, 4.69) is 0 Å². The largest absolute Gasteiger partial charge is 0.493 e. The Balaban J connectivity index is 2.00. The molecule has 2 aromatic carbocycles. The summed E-state index contributed by atoms with van der Waals surface area (Å²) in [6.07, 6.45) is -0.890. The van der Waals surface area contributed by atoms with Gasteiger partial charge in [0.1, 0.15) is 19.3 Å². The number of methoxy groups -OCH3 is 4. The van der Waals surface area contributed by atoms with Crippen molar-refractivity contribution in [3.8, 4) is 34.5 Å². The van der Waals surface area contributed by atoms with Gasteiger partial charge in [0.2, 0.25) is 11.5 Å². The Kier molecular flexibility index (Phi) is 7.23. The quantitative estimate of drug-likeness (QED) is 0.694. The van der Waals surface area contributed by atoms with Gasteiger partial charge in [0.15, 0.2) is 23.0 Å². The highest BCUT2D eigenvalue weighted by Gasteiger charge is 2.16. The van der Waals surface area contributed by atoms with Crippen molar-refractivity contribution in [2.75, 3.05) is 41.7 Å². The summed E-state index contributed by atoms with van der Waals surface area (Å²) in [5, 5.41) is 10.2. The van der Waals surface area contributed by atoms with Crippen molar-refractivity contribution in [2.45, 2.75) is 6.10 Å². The Hall–Kier alpha value is -2.80. The minimum absolute atomic E-state index is 0.00576. The summed E-state index contributed by atoms with van der Waals surface area (Å²) < 4.78 is 32.4. The zero-order chi connectivity index (χ0) is 18.9. The van der Waals surface area contributed by atoms with Crippen LogP contribution in [0.25, 0.3) is 0 Å². The Bertz CT molecular complexity index is 598. The van der Waals surface area contributed by atoms with Crippen LogP contribution < -0.4 is 28.4 Å². The molecule has 0 bridgehead atoms. The van der Waals surface area contributed by atoms with E-state index in [1.165, 1.54) is 28.4 Å². The van der Waals surface area contributed by atoms with E-state index >= 15 is 0 Å². The molecule has 0 saturated carbocycles. The molecule has 142 valence electrons. The van der Waals surface area contributed by atoms with Crippen LogP contribution in [0.1, 0.15) is 0 Å². The highest BCUT2D eigenvalue weighted by molar-refractivity contribution is 5.51. The normalized spacial score (nSPS) is 10.4.